The quantitative estimate of drug-likeness (QED) is 0.508. The van der Waals surface area contributed by atoms with Crippen molar-refractivity contribution in [2.75, 3.05) is 25.0 Å². The van der Waals surface area contributed by atoms with E-state index < -0.39 is 0 Å². The molecular weight excluding hydrogens is 376 g/mol. The van der Waals surface area contributed by atoms with E-state index in [2.05, 4.69) is 47.7 Å². The molecule has 1 aliphatic heterocycles. The van der Waals surface area contributed by atoms with E-state index in [9.17, 15) is 0 Å². The van der Waals surface area contributed by atoms with E-state index in [-0.39, 0.29) is 0 Å². The van der Waals surface area contributed by atoms with Crippen molar-refractivity contribution in [2.45, 2.75) is 25.8 Å². The molecular formula is C22H24N8. The third-order valence-electron chi connectivity index (χ3n) is 5.39. The van der Waals surface area contributed by atoms with Gasteiger partial charge in [-0.05, 0) is 69.2 Å². The molecule has 1 aliphatic rings. The number of pyridine rings is 2. The Balaban J connectivity index is 1.29. The summed E-state index contributed by atoms with van der Waals surface area (Å²) in [5.41, 5.74) is 3.74. The first kappa shape index (κ1) is 18.6. The van der Waals surface area contributed by atoms with Gasteiger partial charge >= 0.3 is 0 Å². The van der Waals surface area contributed by atoms with Gasteiger partial charge in [-0.25, -0.2) is 4.98 Å². The van der Waals surface area contributed by atoms with E-state index in [1.54, 1.807) is 6.20 Å². The summed E-state index contributed by atoms with van der Waals surface area (Å²) in [5.74, 6) is 1.36. The SMILES string of the molecule is c1cnnc(Nc2ccc3ncc(-c4cnn(CCCN5CCCC5)c4)cc3n2)c1. The number of likely N-dealkylation sites (tertiary alicyclic amines) is 1. The van der Waals surface area contributed by atoms with Gasteiger partial charge in [0.2, 0.25) is 0 Å². The lowest BCUT2D eigenvalue weighted by Gasteiger charge is -2.13. The van der Waals surface area contributed by atoms with Crippen LogP contribution in [0.1, 0.15) is 19.3 Å². The number of aryl methyl sites for hydroxylation is 1. The highest BCUT2D eigenvalue weighted by Crippen LogP contribution is 2.23. The molecule has 1 fully saturated rings. The van der Waals surface area contributed by atoms with Crippen LogP contribution in [0.2, 0.25) is 0 Å². The summed E-state index contributed by atoms with van der Waals surface area (Å²) < 4.78 is 2.02. The molecule has 0 unspecified atom stereocenters. The lowest BCUT2D eigenvalue weighted by molar-refractivity contribution is 0.322. The van der Waals surface area contributed by atoms with E-state index in [0.717, 1.165) is 41.7 Å². The molecule has 8 nitrogen and oxygen atoms in total. The first-order valence-electron chi connectivity index (χ1n) is 10.4. The fourth-order valence-corrected chi connectivity index (χ4v) is 3.83. The highest BCUT2D eigenvalue weighted by Gasteiger charge is 2.11. The Morgan fingerprint density at radius 1 is 0.933 bits per heavy atom. The molecule has 4 aromatic rings. The molecule has 0 radical (unpaired) electrons. The molecule has 0 aromatic carbocycles. The molecule has 30 heavy (non-hydrogen) atoms. The first-order valence-corrected chi connectivity index (χ1v) is 10.4. The molecule has 4 aromatic heterocycles. The summed E-state index contributed by atoms with van der Waals surface area (Å²) in [4.78, 5) is 11.8. The number of fused-ring (bicyclic) bond motifs is 1. The van der Waals surface area contributed by atoms with Crippen LogP contribution in [0.3, 0.4) is 0 Å². The van der Waals surface area contributed by atoms with Gasteiger partial charge < -0.3 is 10.2 Å². The topological polar surface area (TPSA) is 84.7 Å². The van der Waals surface area contributed by atoms with Crippen molar-refractivity contribution in [1.29, 1.82) is 0 Å². The molecule has 0 aliphatic carbocycles. The van der Waals surface area contributed by atoms with Crippen molar-refractivity contribution in [3.63, 3.8) is 0 Å². The highest BCUT2D eigenvalue weighted by atomic mass is 15.3. The molecule has 5 rings (SSSR count). The monoisotopic (exact) mass is 400 g/mol. The normalized spacial score (nSPS) is 14.4. The molecule has 0 atom stereocenters. The molecule has 0 spiro atoms. The number of nitrogens with zero attached hydrogens (tertiary/aromatic N) is 7. The van der Waals surface area contributed by atoms with Gasteiger partial charge in [-0.1, -0.05) is 0 Å². The van der Waals surface area contributed by atoms with Crippen LogP contribution in [0.25, 0.3) is 22.2 Å². The molecule has 0 saturated carbocycles. The maximum atomic E-state index is 4.68. The predicted molar refractivity (Wildman–Crippen MR) is 116 cm³/mol. The molecule has 8 heteroatoms. The average Bonchev–Trinajstić information content (AvgIpc) is 3.46. The standard InChI is InChI=1S/C22H24N8/c1-2-10-29(9-1)11-4-12-30-16-18(15-25-30)17-13-20-19(23-14-17)6-7-21(26-20)27-22-5-3-8-24-28-22/h3,5-8,13-16H,1-2,4,9-12H2,(H,26,27,28). The Bertz CT molecular complexity index is 1120. The van der Waals surface area contributed by atoms with Gasteiger partial charge in [0.1, 0.15) is 5.82 Å². The molecule has 5 heterocycles. The van der Waals surface area contributed by atoms with E-state index in [4.69, 9.17) is 0 Å². The van der Waals surface area contributed by atoms with Crippen LogP contribution in [0.15, 0.2) is 55.1 Å². The smallest absolute Gasteiger partial charge is 0.154 e. The summed E-state index contributed by atoms with van der Waals surface area (Å²) in [5, 5.41) is 15.6. The van der Waals surface area contributed by atoms with Crippen molar-refractivity contribution in [1.82, 2.24) is 34.8 Å². The van der Waals surface area contributed by atoms with Crippen LogP contribution in [0.5, 0.6) is 0 Å². The Morgan fingerprint density at radius 3 is 2.73 bits per heavy atom. The number of hydrogen-bond acceptors (Lipinski definition) is 7. The number of nitrogens with one attached hydrogen (secondary N) is 1. The second-order valence-electron chi connectivity index (χ2n) is 7.59. The molecule has 1 N–H and O–H groups in total. The van der Waals surface area contributed by atoms with Crippen molar-refractivity contribution in [3.05, 3.63) is 55.1 Å². The maximum Gasteiger partial charge on any atom is 0.154 e. The van der Waals surface area contributed by atoms with Crippen LogP contribution in [0.4, 0.5) is 11.6 Å². The van der Waals surface area contributed by atoms with E-state index in [0.29, 0.717) is 11.6 Å². The first-order chi connectivity index (χ1) is 14.8. The minimum absolute atomic E-state index is 0.656. The zero-order valence-corrected chi connectivity index (χ0v) is 16.8. The number of rotatable bonds is 7. The Hall–Kier alpha value is -3.39. The Kier molecular flexibility index (Phi) is 5.30. The largest absolute Gasteiger partial charge is 0.323 e. The van der Waals surface area contributed by atoms with E-state index >= 15 is 0 Å². The summed E-state index contributed by atoms with van der Waals surface area (Å²) in [6, 6.07) is 9.58. The van der Waals surface area contributed by atoms with Gasteiger partial charge in [-0.3, -0.25) is 9.67 Å². The maximum absolute atomic E-state index is 4.68. The van der Waals surface area contributed by atoms with Gasteiger partial charge in [-0.2, -0.15) is 10.2 Å². The second-order valence-corrected chi connectivity index (χ2v) is 7.59. The zero-order valence-electron chi connectivity index (χ0n) is 16.8. The third kappa shape index (κ3) is 4.28. The van der Waals surface area contributed by atoms with Crippen LogP contribution < -0.4 is 5.32 Å². The summed E-state index contributed by atoms with van der Waals surface area (Å²) in [6.07, 6.45) is 11.3. The van der Waals surface area contributed by atoms with Crippen molar-refractivity contribution in [2.24, 2.45) is 0 Å². The molecule has 152 valence electrons. The summed E-state index contributed by atoms with van der Waals surface area (Å²) >= 11 is 0. The average molecular weight is 400 g/mol. The lowest BCUT2D eigenvalue weighted by Crippen LogP contribution is -2.21. The molecule has 0 amide bonds. The van der Waals surface area contributed by atoms with Crippen LogP contribution in [0, 0.1) is 0 Å². The highest BCUT2D eigenvalue weighted by molar-refractivity contribution is 5.81. The van der Waals surface area contributed by atoms with Gasteiger partial charge in [0, 0.05) is 36.3 Å². The van der Waals surface area contributed by atoms with Gasteiger partial charge in [0.15, 0.2) is 5.82 Å². The minimum atomic E-state index is 0.656. The zero-order chi connectivity index (χ0) is 20.2. The fourth-order valence-electron chi connectivity index (χ4n) is 3.83. The Morgan fingerprint density at radius 2 is 1.87 bits per heavy atom. The van der Waals surface area contributed by atoms with Gasteiger partial charge in [0.25, 0.3) is 0 Å². The fraction of sp³-hybridized carbons (Fsp3) is 0.318. The Labute approximate surface area is 175 Å². The van der Waals surface area contributed by atoms with Crippen molar-refractivity contribution < 1.29 is 0 Å². The predicted octanol–water partition coefficient (Wildman–Crippen LogP) is 3.51. The van der Waals surface area contributed by atoms with Gasteiger partial charge in [-0.15, -0.1) is 5.10 Å². The summed E-state index contributed by atoms with van der Waals surface area (Å²) in [7, 11) is 0. The van der Waals surface area contributed by atoms with Gasteiger partial charge in [0.05, 0.1) is 17.2 Å². The third-order valence-corrected chi connectivity index (χ3v) is 5.39. The van der Waals surface area contributed by atoms with Crippen molar-refractivity contribution >= 4 is 22.7 Å². The van der Waals surface area contributed by atoms with Crippen molar-refractivity contribution in [3.8, 4) is 11.1 Å². The number of hydrogen-bond donors (Lipinski definition) is 1. The molecule has 0 bridgehead atoms. The molecule has 1 saturated heterocycles. The number of aromatic nitrogens is 6. The van der Waals surface area contributed by atoms with Crippen LogP contribution in [-0.4, -0.2) is 54.5 Å². The van der Waals surface area contributed by atoms with E-state index in [1.165, 1.54) is 25.9 Å². The van der Waals surface area contributed by atoms with Crippen LogP contribution in [-0.2, 0) is 6.54 Å². The minimum Gasteiger partial charge on any atom is -0.323 e. The summed E-state index contributed by atoms with van der Waals surface area (Å²) in [6.45, 7) is 4.57. The number of anilines is 2. The van der Waals surface area contributed by atoms with Crippen LogP contribution >= 0.6 is 0 Å². The second kappa shape index (κ2) is 8.54. The lowest BCUT2D eigenvalue weighted by atomic mass is 10.1. The van der Waals surface area contributed by atoms with E-state index in [1.807, 2.05) is 41.3 Å².